The first-order valence-corrected chi connectivity index (χ1v) is 15.4. The third kappa shape index (κ3) is 6.80. The van der Waals surface area contributed by atoms with Crippen LogP contribution in [0.25, 0.3) is 66.4 Å². The molecule has 1 radical (unpaired) electrons. The Morgan fingerprint density at radius 1 is 0.468 bits per heavy atom. The van der Waals surface area contributed by atoms with Crippen molar-refractivity contribution in [3.05, 3.63) is 175 Å². The molecule has 0 saturated heterocycles. The number of nitrogens with zero attached hydrogens (tertiary/aromatic N) is 3. The molecule has 0 aliphatic rings. The number of aryl methyl sites for hydroxylation is 2. The van der Waals surface area contributed by atoms with Gasteiger partial charge in [-0.15, -0.1) is 65.2 Å². The number of hydrogen-bond acceptors (Lipinski definition) is 3. The maximum absolute atomic E-state index is 4.66. The van der Waals surface area contributed by atoms with Gasteiger partial charge in [-0.05, 0) is 81.7 Å². The molecule has 0 fully saturated rings. The molecule has 0 unspecified atom stereocenters. The Morgan fingerprint density at radius 3 is 1.85 bits per heavy atom. The summed E-state index contributed by atoms with van der Waals surface area (Å²) < 4.78 is 0. The molecule has 0 spiro atoms. The molecule has 0 atom stereocenters. The van der Waals surface area contributed by atoms with Crippen LogP contribution in [0, 0.1) is 26.0 Å². The molecule has 0 N–H and O–H groups in total. The van der Waals surface area contributed by atoms with Crippen LogP contribution in [-0.2, 0) is 20.1 Å². The van der Waals surface area contributed by atoms with E-state index in [0.29, 0.717) is 0 Å². The van der Waals surface area contributed by atoms with Gasteiger partial charge >= 0.3 is 0 Å². The Morgan fingerprint density at radius 2 is 1.13 bits per heavy atom. The van der Waals surface area contributed by atoms with Crippen LogP contribution in [0.3, 0.4) is 0 Å². The molecule has 4 heteroatoms. The van der Waals surface area contributed by atoms with E-state index in [2.05, 4.69) is 108 Å². The molecule has 5 aromatic carbocycles. The van der Waals surface area contributed by atoms with Crippen molar-refractivity contribution in [2.75, 3.05) is 0 Å². The molecule has 8 rings (SSSR count). The van der Waals surface area contributed by atoms with Crippen molar-refractivity contribution in [3.8, 4) is 44.8 Å². The van der Waals surface area contributed by atoms with E-state index in [1.54, 1.807) is 6.20 Å². The summed E-state index contributed by atoms with van der Waals surface area (Å²) in [5, 5.41) is 3.65. The minimum atomic E-state index is 0. The van der Waals surface area contributed by atoms with Crippen LogP contribution in [0.4, 0.5) is 0 Å². The van der Waals surface area contributed by atoms with E-state index in [0.717, 1.165) is 28.0 Å². The van der Waals surface area contributed by atoms with Crippen LogP contribution < -0.4 is 0 Å². The average molecular weight is 782 g/mol. The first kappa shape index (κ1) is 31.7. The van der Waals surface area contributed by atoms with Crippen LogP contribution in [0.2, 0.25) is 0 Å². The Labute approximate surface area is 289 Å². The smallest absolute Gasteiger partial charge is 0.0714 e. The van der Waals surface area contributed by atoms with E-state index in [1.807, 2.05) is 79.1 Å². The molecule has 3 nitrogen and oxygen atoms in total. The molecular formula is C43H31IrN3-2. The van der Waals surface area contributed by atoms with E-state index >= 15 is 0 Å². The van der Waals surface area contributed by atoms with Crippen molar-refractivity contribution in [2.24, 2.45) is 0 Å². The minimum absolute atomic E-state index is 0. The van der Waals surface area contributed by atoms with Crippen LogP contribution in [-0.4, -0.2) is 15.0 Å². The molecule has 47 heavy (non-hydrogen) atoms. The Balaban J connectivity index is 0.000000250. The van der Waals surface area contributed by atoms with Crippen molar-refractivity contribution in [1.29, 1.82) is 0 Å². The number of pyridine rings is 3. The first-order valence-electron chi connectivity index (χ1n) is 15.4. The molecule has 0 aliphatic carbocycles. The number of benzene rings is 5. The predicted molar refractivity (Wildman–Crippen MR) is 190 cm³/mol. The number of hydrogen-bond donors (Lipinski definition) is 0. The van der Waals surface area contributed by atoms with Gasteiger partial charge in [0.05, 0.1) is 5.52 Å². The van der Waals surface area contributed by atoms with Crippen molar-refractivity contribution >= 4 is 21.7 Å². The van der Waals surface area contributed by atoms with Gasteiger partial charge in [-0.1, -0.05) is 79.2 Å². The van der Waals surface area contributed by atoms with Crippen LogP contribution in [0.5, 0.6) is 0 Å². The Hall–Kier alpha value is -5.28. The molecule has 229 valence electrons. The van der Waals surface area contributed by atoms with E-state index in [-0.39, 0.29) is 20.1 Å². The van der Waals surface area contributed by atoms with Crippen molar-refractivity contribution in [2.45, 2.75) is 13.8 Å². The van der Waals surface area contributed by atoms with E-state index < -0.39 is 0 Å². The fraction of sp³-hybridized carbons (Fsp3) is 0.0465. The third-order valence-electron chi connectivity index (χ3n) is 8.21. The van der Waals surface area contributed by atoms with Gasteiger partial charge in [0, 0.05) is 44.1 Å². The second-order valence-electron chi connectivity index (χ2n) is 11.2. The monoisotopic (exact) mass is 782 g/mol. The summed E-state index contributed by atoms with van der Waals surface area (Å²) in [7, 11) is 0. The second-order valence-corrected chi connectivity index (χ2v) is 11.2. The van der Waals surface area contributed by atoms with E-state index in [9.17, 15) is 0 Å². The molecule has 3 heterocycles. The fourth-order valence-corrected chi connectivity index (χ4v) is 5.84. The molecule has 0 bridgehead atoms. The van der Waals surface area contributed by atoms with Crippen molar-refractivity contribution in [1.82, 2.24) is 15.0 Å². The summed E-state index contributed by atoms with van der Waals surface area (Å²) >= 11 is 0. The molecule has 3 aromatic heterocycles. The molecule has 0 amide bonds. The molecular weight excluding hydrogens is 751 g/mol. The zero-order chi connectivity index (χ0) is 31.3. The Bertz CT molecular complexity index is 2230. The van der Waals surface area contributed by atoms with Gasteiger partial charge in [-0.2, -0.15) is 0 Å². The van der Waals surface area contributed by atoms with Crippen molar-refractivity contribution in [3.63, 3.8) is 0 Å². The van der Waals surface area contributed by atoms with Gasteiger partial charge in [0.15, 0.2) is 0 Å². The van der Waals surface area contributed by atoms with Crippen LogP contribution >= 0.6 is 0 Å². The Kier molecular flexibility index (Phi) is 9.73. The van der Waals surface area contributed by atoms with Crippen LogP contribution in [0.15, 0.2) is 152 Å². The van der Waals surface area contributed by atoms with Gasteiger partial charge < -0.3 is 9.97 Å². The topological polar surface area (TPSA) is 38.7 Å². The summed E-state index contributed by atoms with van der Waals surface area (Å²) in [5.41, 5.74) is 12.2. The van der Waals surface area contributed by atoms with Gasteiger partial charge in [0.1, 0.15) is 0 Å². The number of aromatic nitrogens is 3. The zero-order valence-electron chi connectivity index (χ0n) is 26.1. The summed E-state index contributed by atoms with van der Waals surface area (Å²) in [6, 6.07) is 52.2. The number of rotatable bonds is 4. The predicted octanol–water partition coefficient (Wildman–Crippen LogP) is 10.7. The van der Waals surface area contributed by atoms with Gasteiger partial charge in [-0.25, -0.2) is 0 Å². The summed E-state index contributed by atoms with van der Waals surface area (Å²) in [6.45, 7) is 4.32. The van der Waals surface area contributed by atoms with E-state index in [1.165, 1.54) is 49.5 Å². The largest absolute Gasteiger partial charge is 0.305 e. The molecule has 0 aliphatic heterocycles. The van der Waals surface area contributed by atoms with Gasteiger partial charge in [-0.3, -0.25) is 4.98 Å². The number of fused-ring (bicyclic) bond motifs is 3. The summed E-state index contributed by atoms with van der Waals surface area (Å²) in [6.07, 6.45) is 5.48. The SMILES string of the molecule is Cc1c[c-]c(-c2ccccn2)cc1-c1cc(-c2cc3ncccc3c3ccccc23)ccc1C.[Ir].[c-]1ccccc1-c1ccccn1. The second kappa shape index (κ2) is 14.4. The zero-order valence-corrected chi connectivity index (χ0v) is 28.5. The third-order valence-corrected chi connectivity index (χ3v) is 8.21. The quantitative estimate of drug-likeness (QED) is 0.132. The maximum Gasteiger partial charge on any atom is 0.0714 e. The van der Waals surface area contributed by atoms with Crippen LogP contribution in [0.1, 0.15) is 11.1 Å². The van der Waals surface area contributed by atoms with Gasteiger partial charge in [0.2, 0.25) is 0 Å². The normalized spacial score (nSPS) is 10.6. The maximum atomic E-state index is 4.66. The first-order chi connectivity index (χ1) is 22.7. The van der Waals surface area contributed by atoms with Crippen molar-refractivity contribution < 1.29 is 20.1 Å². The average Bonchev–Trinajstić information content (AvgIpc) is 3.13. The van der Waals surface area contributed by atoms with Gasteiger partial charge in [0.25, 0.3) is 0 Å². The minimum Gasteiger partial charge on any atom is -0.305 e. The fourth-order valence-electron chi connectivity index (χ4n) is 5.84. The molecule has 8 aromatic rings. The standard InChI is InChI=1S/C32H23N2.C11H8N.Ir/c1-21-12-14-23(30-20-32-27(10-7-17-34-32)25-8-3-4-9-26(25)30)18-28(21)29-19-24(15-13-22(29)2)31-11-5-6-16-33-31;1-2-6-10(7-3-1)11-8-4-5-9-12-11;/h3-14,16-20H,1-2H3;1-6,8-9H;/q2*-1;. The summed E-state index contributed by atoms with van der Waals surface area (Å²) in [5.74, 6) is 0. The summed E-state index contributed by atoms with van der Waals surface area (Å²) in [4.78, 5) is 13.4. The van der Waals surface area contributed by atoms with E-state index in [4.69, 9.17) is 0 Å². The molecule has 0 saturated carbocycles.